The summed E-state index contributed by atoms with van der Waals surface area (Å²) in [5, 5.41) is 0.114. The predicted octanol–water partition coefficient (Wildman–Crippen LogP) is 3.83. The van der Waals surface area contributed by atoms with Crippen LogP contribution in [0.15, 0.2) is 12.1 Å². The summed E-state index contributed by atoms with van der Waals surface area (Å²) in [6, 6.07) is 3.02. The maximum atomic E-state index is 13.5. The Kier molecular flexibility index (Phi) is 4.60. The van der Waals surface area contributed by atoms with E-state index in [4.69, 9.17) is 23.8 Å². The number of hydrogen-bond acceptors (Lipinski definition) is 2. The molecule has 0 aliphatic carbocycles. The number of aromatic nitrogens is 2. The molecule has 0 aliphatic heterocycles. The van der Waals surface area contributed by atoms with Crippen LogP contribution in [-0.4, -0.2) is 35.1 Å². The van der Waals surface area contributed by atoms with Gasteiger partial charge < -0.3 is 14.5 Å². The molecule has 1 aromatic carbocycles. The summed E-state index contributed by atoms with van der Waals surface area (Å²) in [6.45, 7) is 1.82. The Labute approximate surface area is 122 Å². The maximum absolute atomic E-state index is 13.5. The van der Waals surface area contributed by atoms with E-state index in [2.05, 4.69) is 24.0 Å². The van der Waals surface area contributed by atoms with Crippen LogP contribution in [0.3, 0.4) is 0 Å². The summed E-state index contributed by atoms with van der Waals surface area (Å²) in [6.07, 6.45) is 2.08. The molecule has 0 atom stereocenters. The highest BCUT2D eigenvalue weighted by Crippen LogP contribution is 2.23. The number of hydrogen-bond donors (Lipinski definition) is 1. The van der Waals surface area contributed by atoms with Crippen LogP contribution in [0, 0.1) is 10.6 Å². The minimum Gasteiger partial charge on any atom is -0.331 e. The van der Waals surface area contributed by atoms with E-state index >= 15 is 0 Å². The van der Waals surface area contributed by atoms with Crippen molar-refractivity contribution in [2.24, 2.45) is 0 Å². The molecule has 1 N–H and O–H groups in total. The van der Waals surface area contributed by atoms with Gasteiger partial charge in [-0.05, 0) is 51.8 Å². The van der Waals surface area contributed by atoms with E-state index in [9.17, 15) is 4.39 Å². The molecule has 0 saturated heterocycles. The third-order valence-electron chi connectivity index (χ3n) is 3.05. The van der Waals surface area contributed by atoms with Gasteiger partial charge in [-0.15, -0.1) is 0 Å². The minimum atomic E-state index is -0.412. The first-order valence-corrected chi connectivity index (χ1v) is 7.00. The van der Waals surface area contributed by atoms with E-state index in [0.29, 0.717) is 4.77 Å². The zero-order valence-electron chi connectivity index (χ0n) is 11.0. The molecule has 104 valence electrons. The predicted molar refractivity (Wildman–Crippen MR) is 79.9 cm³/mol. The molecule has 0 fully saturated rings. The summed E-state index contributed by atoms with van der Waals surface area (Å²) >= 11 is 11.0. The summed E-state index contributed by atoms with van der Waals surface area (Å²) < 4.78 is 16.1. The van der Waals surface area contributed by atoms with Crippen LogP contribution < -0.4 is 0 Å². The summed E-state index contributed by atoms with van der Waals surface area (Å²) in [7, 11) is 4.10. The molecule has 0 amide bonds. The van der Waals surface area contributed by atoms with E-state index in [1.807, 2.05) is 4.57 Å². The van der Waals surface area contributed by atoms with Gasteiger partial charge >= 0.3 is 0 Å². The Hall–Kier alpha value is -0.910. The number of rotatable bonds is 5. The zero-order chi connectivity index (χ0) is 14.0. The van der Waals surface area contributed by atoms with Gasteiger partial charge in [0.15, 0.2) is 4.77 Å². The lowest BCUT2D eigenvalue weighted by molar-refractivity contribution is 0.388. The highest BCUT2D eigenvalue weighted by Gasteiger charge is 2.08. The third-order valence-corrected chi connectivity index (χ3v) is 3.67. The van der Waals surface area contributed by atoms with Crippen LogP contribution in [-0.2, 0) is 6.54 Å². The molecule has 3 nitrogen and oxygen atoms in total. The van der Waals surface area contributed by atoms with Crippen molar-refractivity contribution in [3.63, 3.8) is 0 Å². The standard InChI is InChI=1S/C13H17ClFN3S/c1-17(2)5-3-4-6-18-12-8-10(15)9(14)7-11(12)16-13(18)19/h7-8H,3-6H2,1-2H3,(H,16,19). The third kappa shape index (κ3) is 3.35. The van der Waals surface area contributed by atoms with Crippen molar-refractivity contribution in [1.82, 2.24) is 14.5 Å². The molecule has 1 aromatic heterocycles. The lowest BCUT2D eigenvalue weighted by atomic mass is 10.2. The molecule has 0 unspecified atom stereocenters. The quantitative estimate of drug-likeness (QED) is 0.670. The average Bonchev–Trinajstić information content (AvgIpc) is 2.61. The fourth-order valence-electron chi connectivity index (χ4n) is 2.07. The number of aromatic amines is 1. The fraction of sp³-hybridized carbons (Fsp3) is 0.462. The van der Waals surface area contributed by atoms with Crippen LogP contribution in [0.1, 0.15) is 12.8 Å². The molecule has 0 saturated carbocycles. The first kappa shape index (κ1) is 14.5. The Bertz CT molecular complexity index is 633. The number of nitrogens with one attached hydrogen (secondary N) is 1. The summed E-state index contributed by atoms with van der Waals surface area (Å²) in [4.78, 5) is 5.21. The molecule has 0 spiro atoms. The number of benzene rings is 1. The van der Waals surface area contributed by atoms with Crippen molar-refractivity contribution in [1.29, 1.82) is 0 Å². The molecule has 0 aliphatic rings. The topological polar surface area (TPSA) is 24.0 Å². The highest BCUT2D eigenvalue weighted by atomic mass is 35.5. The van der Waals surface area contributed by atoms with Crippen LogP contribution in [0.4, 0.5) is 4.39 Å². The first-order chi connectivity index (χ1) is 8.99. The molecular weight excluding hydrogens is 285 g/mol. The number of unbranched alkanes of at least 4 members (excludes halogenated alkanes) is 1. The van der Waals surface area contributed by atoms with E-state index < -0.39 is 5.82 Å². The number of fused-ring (bicyclic) bond motifs is 1. The van der Waals surface area contributed by atoms with Gasteiger partial charge in [0.1, 0.15) is 5.82 Å². The van der Waals surface area contributed by atoms with Crippen molar-refractivity contribution in [3.05, 3.63) is 27.7 Å². The van der Waals surface area contributed by atoms with Crippen LogP contribution in [0.5, 0.6) is 0 Å². The van der Waals surface area contributed by atoms with Gasteiger partial charge in [-0.3, -0.25) is 0 Å². The summed E-state index contributed by atoms with van der Waals surface area (Å²) in [5.41, 5.74) is 1.56. The van der Waals surface area contributed by atoms with E-state index in [-0.39, 0.29) is 5.02 Å². The van der Waals surface area contributed by atoms with Crippen LogP contribution in [0.25, 0.3) is 11.0 Å². The fourth-order valence-corrected chi connectivity index (χ4v) is 2.54. The average molecular weight is 302 g/mol. The molecular formula is C13H17ClFN3S. The lowest BCUT2D eigenvalue weighted by Crippen LogP contribution is -2.13. The Morgan fingerprint density at radius 3 is 2.79 bits per heavy atom. The van der Waals surface area contributed by atoms with Crippen molar-refractivity contribution in [2.45, 2.75) is 19.4 Å². The van der Waals surface area contributed by atoms with Gasteiger partial charge in [-0.2, -0.15) is 0 Å². The van der Waals surface area contributed by atoms with Gasteiger partial charge in [0, 0.05) is 12.6 Å². The van der Waals surface area contributed by atoms with Gasteiger partial charge in [0.05, 0.1) is 16.1 Å². The Balaban J connectivity index is 2.20. The molecule has 1 heterocycles. The number of H-pyrrole nitrogens is 1. The van der Waals surface area contributed by atoms with Crippen molar-refractivity contribution < 1.29 is 4.39 Å². The monoisotopic (exact) mass is 301 g/mol. The molecule has 0 bridgehead atoms. The second kappa shape index (κ2) is 6.03. The second-order valence-electron chi connectivity index (χ2n) is 4.88. The zero-order valence-corrected chi connectivity index (χ0v) is 12.6. The number of halogens is 2. The largest absolute Gasteiger partial charge is 0.331 e. The second-order valence-corrected chi connectivity index (χ2v) is 5.67. The van der Waals surface area contributed by atoms with Gasteiger partial charge in [0.2, 0.25) is 0 Å². The maximum Gasteiger partial charge on any atom is 0.178 e. The molecule has 6 heteroatoms. The van der Waals surface area contributed by atoms with Gasteiger partial charge in [-0.25, -0.2) is 4.39 Å². The van der Waals surface area contributed by atoms with Crippen molar-refractivity contribution in [3.8, 4) is 0 Å². The Morgan fingerprint density at radius 2 is 2.11 bits per heavy atom. The van der Waals surface area contributed by atoms with E-state index in [1.165, 1.54) is 6.07 Å². The normalized spacial score (nSPS) is 11.6. The lowest BCUT2D eigenvalue weighted by Gasteiger charge is -2.09. The SMILES string of the molecule is CN(C)CCCCn1c(=S)[nH]c2cc(Cl)c(F)cc21. The first-order valence-electron chi connectivity index (χ1n) is 6.21. The minimum absolute atomic E-state index is 0.114. The van der Waals surface area contributed by atoms with Crippen LogP contribution >= 0.6 is 23.8 Å². The number of nitrogens with zero attached hydrogens (tertiary/aromatic N) is 2. The number of aryl methyl sites for hydroxylation is 1. The van der Waals surface area contributed by atoms with Gasteiger partial charge in [-0.1, -0.05) is 11.6 Å². The van der Waals surface area contributed by atoms with Crippen molar-refractivity contribution in [2.75, 3.05) is 20.6 Å². The highest BCUT2D eigenvalue weighted by molar-refractivity contribution is 7.71. The Morgan fingerprint density at radius 1 is 1.37 bits per heavy atom. The van der Waals surface area contributed by atoms with Gasteiger partial charge in [0.25, 0.3) is 0 Å². The smallest absolute Gasteiger partial charge is 0.178 e. The van der Waals surface area contributed by atoms with Crippen molar-refractivity contribution >= 4 is 34.9 Å². The van der Waals surface area contributed by atoms with E-state index in [1.54, 1.807) is 6.07 Å². The number of imidazole rings is 1. The molecule has 2 rings (SSSR count). The van der Waals surface area contributed by atoms with Crippen LogP contribution in [0.2, 0.25) is 5.02 Å². The van der Waals surface area contributed by atoms with E-state index in [0.717, 1.165) is 37.0 Å². The molecule has 19 heavy (non-hydrogen) atoms. The molecule has 2 aromatic rings. The summed E-state index contributed by atoms with van der Waals surface area (Å²) in [5.74, 6) is -0.412. The molecule has 0 radical (unpaired) electrons.